The Labute approximate surface area is 271 Å². The zero-order valence-electron chi connectivity index (χ0n) is 26.8. The molecule has 0 aliphatic rings. The van der Waals surface area contributed by atoms with Crippen LogP contribution in [0, 0.1) is 0 Å². The highest BCUT2D eigenvalue weighted by Gasteiger charge is 2.34. The molecule has 46 heavy (non-hydrogen) atoms. The molecule has 0 aromatic heterocycles. The highest BCUT2D eigenvalue weighted by Crippen LogP contribution is 2.29. The molecular formula is C36H41N3O6S. The number of sulfonamides is 1. The Hall–Kier alpha value is -4.83. The number of nitrogens with one attached hydrogen (secondary N) is 1. The van der Waals surface area contributed by atoms with Crippen LogP contribution >= 0.6 is 0 Å². The lowest BCUT2D eigenvalue weighted by Gasteiger charge is -2.34. The van der Waals surface area contributed by atoms with Crippen LogP contribution in [0.4, 0.5) is 5.69 Å². The molecule has 10 heteroatoms. The molecule has 0 aliphatic carbocycles. The molecule has 0 radical (unpaired) electrons. The van der Waals surface area contributed by atoms with Gasteiger partial charge in [0, 0.05) is 12.1 Å². The van der Waals surface area contributed by atoms with Gasteiger partial charge in [-0.15, -0.1) is 0 Å². The van der Waals surface area contributed by atoms with E-state index in [1.165, 1.54) is 17.0 Å². The highest BCUT2D eigenvalue weighted by atomic mass is 32.2. The number of benzene rings is 4. The van der Waals surface area contributed by atoms with Gasteiger partial charge < -0.3 is 19.7 Å². The highest BCUT2D eigenvalue weighted by molar-refractivity contribution is 7.92. The van der Waals surface area contributed by atoms with Gasteiger partial charge in [0.2, 0.25) is 11.8 Å². The maximum Gasteiger partial charge on any atom is 0.264 e. The minimum absolute atomic E-state index is 0.0317. The molecule has 1 atom stereocenters. The molecule has 0 bridgehead atoms. The third-order valence-electron chi connectivity index (χ3n) is 7.08. The van der Waals surface area contributed by atoms with Crippen LogP contribution in [-0.4, -0.2) is 50.4 Å². The number of nitrogens with zero attached hydrogens (tertiary/aromatic N) is 2. The standard InChI is InChI=1S/C36H41N3O6S/c1-6-33(35(41)37-36(2,3)4)38(25-27-14-13-17-31(24-27)44-5)34(40)26-39(46(42,43)32-18-11-8-12-19-32)28-20-22-30(23-21-28)45-29-15-9-7-10-16-29/h7-24,33H,6,25-26H2,1-5H3,(H,37,41). The van der Waals surface area contributed by atoms with Gasteiger partial charge in [0.1, 0.15) is 29.8 Å². The first kappa shape index (κ1) is 34.1. The fourth-order valence-electron chi connectivity index (χ4n) is 4.89. The van der Waals surface area contributed by atoms with Gasteiger partial charge in [0.05, 0.1) is 17.7 Å². The zero-order valence-corrected chi connectivity index (χ0v) is 27.7. The van der Waals surface area contributed by atoms with E-state index in [9.17, 15) is 18.0 Å². The quantitative estimate of drug-likeness (QED) is 0.181. The summed E-state index contributed by atoms with van der Waals surface area (Å²) >= 11 is 0. The average Bonchev–Trinajstić information content (AvgIpc) is 3.04. The number of ether oxygens (including phenoxy) is 2. The summed E-state index contributed by atoms with van der Waals surface area (Å²) in [4.78, 5) is 29.3. The molecule has 1 unspecified atom stereocenters. The molecule has 4 rings (SSSR count). The van der Waals surface area contributed by atoms with E-state index in [1.807, 2.05) is 64.1 Å². The topological polar surface area (TPSA) is 105 Å². The zero-order chi connectivity index (χ0) is 33.3. The number of anilines is 1. The second-order valence-electron chi connectivity index (χ2n) is 11.8. The van der Waals surface area contributed by atoms with Crippen LogP contribution < -0.4 is 19.1 Å². The minimum Gasteiger partial charge on any atom is -0.497 e. The first-order valence-corrected chi connectivity index (χ1v) is 16.5. The van der Waals surface area contributed by atoms with E-state index >= 15 is 0 Å². The van der Waals surface area contributed by atoms with E-state index in [1.54, 1.807) is 67.8 Å². The van der Waals surface area contributed by atoms with Crippen molar-refractivity contribution in [2.75, 3.05) is 18.0 Å². The van der Waals surface area contributed by atoms with E-state index in [-0.39, 0.29) is 23.0 Å². The molecule has 0 heterocycles. The summed E-state index contributed by atoms with van der Waals surface area (Å²) in [6, 6.07) is 30.0. The van der Waals surface area contributed by atoms with Crippen LogP contribution in [0.5, 0.6) is 17.2 Å². The van der Waals surface area contributed by atoms with Crippen LogP contribution in [0.25, 0.3) is 0 Å². The molecule has 1 N–H and O–H groups in total. The van der Waals surface area contributed by atoms with Crippen molar-refractivity contribution in [2.45, 2.75) is 57.1 Å². The molecule has 4 aromatic rings. The van der Waals surface area contributed by atoms with Gasteiger partial charge in [-0.25, -0.2) is 8.42 Å². The molecule has 0 fully saturated rings. The second-order valence-corrected chi connectivity index (χ2v) is 13.6. The summed E-state index contributed by atoms with van der Waals surface area (Å²) < 4.78 is 40.6. The van der Waals surface area contributed by atoms with Crippen molar-refractivity contribution in [3.63, 3.8) is 0 Å². The van der Waals surface area contributed by atoms with E-state index < -0.39 is 34.1 Å². The Bertz CT molecular complexity index is 1710. The molecule has 0 saturated carbocycles. The van der Waals surface area contributed by atoms with Gasteiger partial charge in [-0.1, -0.05) is 55.5 Å². The van der Waals surface area contributed by atoms with Crippen molar-refractivity contribution < 1.29 is 27.5 Å². The number of rotatable bonds is 13. The third-order valence-corrected chi connectivity index (χ3v) is 8.87. The predicted molar refractivity (Wildman–Crippen MR) is 179 cm³/mol. The molecule has 242 valence electrons. The molecule has 0 aliphatic heterocycles. The lowest BCUT2D eigenvalue weighted by Crippen LogP contribution is -2.55. The van der Waals surface area contributed by atoms with Gasteiger partial charge in [-0.05, 0) is 93.4 Å². The third kappa shape index (κ3) is 8.88. The number of carbonyl (C=O) groups is 2. The molecule has 9 nitrogen and oxygen atoms in total. The summed E-state index contributed by atoms with van der Waals surface area (Å²) in [5, 5.41) is 2.98. The predicted octanol–water partition coefficient (Wildman–Crippen LogP) is 6.40. The Balaban J connectivity index is 1.73. The van der Waals surface area contributed by atoms with Crippen LogP contribution in [0.15, 0.2) is 114 Å². The van der Waals surface area contributed by atoms with Gasteiger partial charge in [-0.3, -0.25) is 13.9 Å². The molecule has 0 spiro atoms. The van der Waals surface area contributed by atoms with Crippen LogP contribution in [0.3, 0.4) is 0 Å². The van der Waals surface area contributed by atoms with Crippen molar-refractivity contribution >= 4 is 27.5 Å². The number of carbonyl (C=O) groups excluding carboxylic acids is 2. The van der Waals surface area contributed by atoms with Gasteiger partial charge in [0.25, 0.3) is 10.0 Å². The van der Waals surface area contributed by atoms with E-state index in [0.717, 1.165) is 9.87 Å². The van der Waals surface area contributed by atoms with Crippen molar-refractivity contribution in [1.29, 1.82) is 0 Å². The summed E-state index contributed by atoms with van der Waals surface area (Å²) in [5.41, 5.74) is 0.460. The number of methoxy groups -OCH3 is 1. The molecule has 4 aromatic carbocycles. The van der Waals surface area contributed by atoms with Crippen molar-refractivity contribution in [3.05, 3.63) is 115 Å². The first-order chi connectivity index (χ1) is 21.9. The second kappa shape index (κ2) is 15.0. The maximum absolute atomic E-state index is 14.3. The van der Waals surface area contributed by atoms with Crippen LogP contribution in [0.1, 0.15) is 39.7 Å². The molecule has 0 saturated heterocycles. The Kier molecular flexibility index (Phi) is 11.1. The fourth-order valence-corrected chi connectivity index (χ4v) is 6.33. The number of amides is 2. The number of hydrogen-bond acceptors (Lipinski definition) is 6. The summed E-state index contributed by atoms with van der Waals surface area (Å²) in [5.74, 6) is 0.867. The minimum atomic E-state index is -4.19. The lowest BCUT2D eigenvalue weighted by molar-refractivity contribution is -0.141. The fraction of sp³-hybridized carbons (Fsp3) is 0.278. The smallest absolute Gasteiger partial charge is 0.264 e. The maximum atomic E-state index is 14.3. The summed E-state index contributed by atoms with van der Waals surface area (Å²) in [7, 11) is -2.64. The Morgan fingerprint density at radius 3 is 1.98 bits per heavy atom. The van der Waals surface area contributed by atoms with Gasteiger partial charge >= 0.3 is 0 Å². The van der Waals surface area contributed by atoms with Crippen LogP contribution in [-0.2, 0) is 26.2 Å². The lowest BCUT2D eigenvalue weighted by atomic mass is 10.1. The summed E-state index contributed by atoms with van der Waals surface area (Å²) in [6.45, 7) is 6.94. The van der Waals surface area contributed by atoms with E-state index in [4.69, 9.17) is 9.47 Å². The SMILES string of the molecule is CCC(C(=O)NC(C)(C)C)N(Cc1cccc(OC)c1)C(=O)CN(c1ccc(Oc2ccccc2)cc1)S(=O)(=O)c1ccccc1. The number of hydrogen-bond donors (Lipinski definition) is 1. The van der Waals surface area contributed by atoms with Crippen molar-refractivity contribution in [2.24, 2.45) is 0 Å². The largest absolute Gasteiger partial charge is 0.497 e. The van der Waals surface area contributed by atoms with Crippen molar-refractivity contribution in [3.8, 4) is 17.2 Å². The number of para-hydroxylation sites is 1. The Morgan fingerprint density at radius 2 is 1.39 bits per heavy atom. The first-order valence-electron chi connectivity index (χ1n) is 15.1. The van der Waals surface area contributed by atoms with E-state index in [2.05, 4.69) is 5.32 Å². The monoisotopic (exact) mass is 643 g/mol. The summed E-state index contributed by atoms with van der Waals surface area (Å²) in [6.07, 6.45) is 0.314. The van der Waals surface area contributed by atoms with Crippen LogP contribution in [0.2, 0.25) is 0 Å². The Morgan fingerprint density at radius 1 is 0.804 bits per heavy atom. The molecular weight excluding hydrogens is 602 g/mol. The van der Waals surface area contributed by atoms with Gasteiger partial charge in [0.15, 0.2) is 0 Å². The molecule has 2 amide bonds. The normalized spacial score (nSPS) is 12.1. The van der Waals surface area contributed by atoms with Crippen molar-refractivity contribution in [1.82, 2.24) is 10.2 Å². The van der Waals surface area contributed by atoms with E-state index in [0.29, 0.717) is 23.7 Å². The van der Waals surface area contributed by atoms with Gasteiger partial charge in [-0.2, -0.15) is 0 Å². The average molecular weight is 644 g/mol.